The molecule has 5 nitrogen and oxygen atoms in total. The number of anilines is 1. The van der Waals surface area contributed by atoms with Crippen LogP contribution in [0.1, 0.15) is 17.3 Å². The van der Waals surface area contributed by atoms with Crippen LogP contribution in [0.25, 0.3) is 0 Å². The minimum atomic E-state index is -0.631. The van der Waals surface area contributed by atoms with Crippen molar-refractivity contribution in [1.82, 2.24) is 4.90 Å². The summed E-state index contributed by atoms with van der Waals surface area (Å²) in [4.78, 5) is 25.3. The molecule has 0 aliphatic rings. The monoisotopic (exact) mass is 346 g/mol. The zero-order valence-electron chi connectivity index (χ0n) is 13.7. The molecule has 0 saturated carbocycles. The molecule has 1 N–H and O–H groups in total. The number of nitrogens with zero attached hydrogens (tertiary/aromatic N) is 1. The third-order valence-electron chi connectivity index (χ3n) is 3.32. The number of halogens is 1. The highest BCUT2D eigenvalue weighted by Crippen LogP contribution is 2.19. The van der Waals surface area contributed by atoms with Crippen molar-refractivity contribution in [1.29, 1.82) is 0 Å². The standard InChI is InChI=1S/C18H19ClN2O3/c1-12(17(22)13-4-6-14(19)7-5-13)24-16-10-8-15(9-11-16)20-18(23)21(2)3/h4-12H,1-3H3,(H,20,23). The summed E-state index contributed by atoms with van der Waals surface area (Å²) in [5.74, 6) is 0.421. The van der Waals surface area contributed by atoms with Crippen molar-refractivity contribution in [2.24, 2.45) is 0 Å². The molecule has 1 unspecified atom stereocenters. The van der Waals surface area contributed by atoms with Crippen LogP contribution in [0.3, 0.4) is 0 Å². The third kappa shape index (κ3) is 4.73. The van der Waals surface area contributed by atoms with E-state index in [1.54, 1.807) is 69.6 Å². The van der Waals surface area contributed by atoms with E-state index >= 15 is 0 Å². The first kappa shape index (κ1) is 17.8. The van der Waals surface area contributed by atoms with Crippen LogP contribution in [0, 0.1) is 0 Å². The molecule has 2 rings (SSSR count). The highest BCUT2D eigenvalue weighted by atomic mass is 35.5. The number of urea groups is 1. The molecule has 0 aliphatic carbocycles. The van der Waals surface area contributed by atoms with E-state index in [0.29, 0.717) is 22.0 Å². The predicted molar refractivity (Wildman–Crippen MR) is 95.0 cm³/mol. The van der Waals surface area contributed by atoms with Crippen molar-refractivity contribution in [2.45, 2.75) is 13.0 Å². The second kappa shape index (κ2) is 7.84. The predicted octanol–water partition coefficient (Wildman–Crippen LogP) is 4.08. The van der Waals surface area contributed by atoms with E-state index in [-0.39, 0.29) is 11.8 Å². The number of carbonyl (C=O) groups is 2. The lowest BCUT2D eigenvalue weighted by molar-refractivity contribution is 0.0818. The van der Waals surface area contributed by atoms with Gasteiger partial charge >= 0.3 is 6.03 Å². The minimum absolute atomic E-state index is 0.128. The number of nitrogens with one attached hydrogen (secondary N) is 1. The summed E-state index contributed by atoms with van der Waals surface area (Å²) in [5, 5.41) is 3.31. The largest absolute Gasteiger partial charge is 0.483 e. The normalized spacial score (nSPS) is 11.5. The van der Waals surface area contributed by atoms with Crippen LogP contribution in [0.4, 0.5) is 10.5 Å². The van der Waals surface area contributed by atoms with Crippen LogP contribution in [0.5, 0.6) is 5.75 Å². The maximum absolute atomic E-state index is 12.3. The minimum Gasteiger partial charge on any atom is -0.483 e. The van der Waals surface area contributed by atoms with Gasteiger partial charge in [-0.1, -0.05) is 11.6 Å². The van der Waals surface area contributed by atoms with Crippen molar-refractivity contribution < 1.29 is 14.3 Å². The fourth-order valence-corrected chi connectivity index (χ4v) is 2.08. The summed E-state index contributed by atoms with van der Waals surface area (Å²) in [7, 11) is 3.33. The molecule has 0 aliphatic heterocycles. The third-order valence-corrected chi connectivity index (χ3v) is 3.57. The van der Waals surface area contributed by atoms with Crippen LogP contribution in [0.2, 0.25) is 5.02 Å². The van der Waals surface area contributed by atoms with Gasteiger partial charge in [0.2, 0.25) is 5.78 Å². The summed E-state index contributed by atoms with van der Waals surface area (Å²) in [6, 6.07) is 13.3. The first-order chi connectivity index (χ1) is 11.4. The smallest absolute Gasteiger partial charge is 0.321 e. The summed E-state index contributed by atoms with van der Waals surface area (Å²) in [5.41, 5.74) is 1.19. The number of carbonyl (C=O) groups excluding carboxylic acids is 2. The molecule has 2 amide bonds. The Labute approximate surface area is 146 Å². The van der Waals surface area contributed by atoms with E-state index < -0.39 is 6.10 Å². The van der Waals surface area contributed by atoms with Gasteiger partial charge in [0.25, 0.3) is 0 Å². The zero-order valence-corrected chi connectivity index (χ0v) is 14.5. The molecule has 0 bridgehead atoms. The van der Waals surface area contributed by atoms with E-state index in [1.807, 2.05) is 0 Å². The van der Waals surface area contributed by atoms with Gasteiger partial charge in [0.05, 0.1) is 0 Å². The Balaban J connectivity index is 1.98. The average Bonchev–Trinajstić information content (AvgIpc) is 2.56. The Bertz CT molecular complexity index is 712. The molecule has 0 fully saturated rings. The van der Waals surface area contributed by atoms with Crippen LogP contribution in [-0.2, 0) is 0 Å². The number of ketones is 1. The van der Waals surface area contributed by atoms with Gasteiger partial charge in [-0.3, -0.25) is 4.79 Å². The van der Waals surface area contributed by atoms with Crippen molar-refractivity contribution in [3.05, 3.63) is 59.1 Å². The van der Waals surface area contributed by atoms with Crippen molar-refractivity contribution in [3.63, 3.8) is 0 Å². The fraction of sp³-hybridized carbons (Fsp3) is 0.222. The Morgan fingerprint density at radius 3 is 2.17 bits per heavy atom. The second-order valence-electron chi connectivity index (χ2n) is 5.48. The summed E-state index contributed by atoms with van der Waals surface area (Å²) in [6.45, 7) is 1.69. The van der Waals surface area contributed by atoms with Gasteiger partial charge in [-0.25, -0.2) is 4.79 Å². The number of rotatable bonds is 5. The molecular formula is C18H19ClN2O3. The molecule has 1 atom stereocenters. The Kier molecular flexibility index (Phi) is 5.82. The lowest BCUT2D eigenvalue weighted by atomic mass is 10.1. The van der Waals surface area contributed by atoms with Gasteiger partial charge in [0.1, 0.15) is 5.75 Å². The lowest BCUT2D eigenvalue weighted by Crippen LogP contribution is -2.27. The first-order valence-electron chi connectivity index (χ1n) is 7.41. The average molecular weight is 347 g/mol. The molecule has 2 aromatic rings. The van der Waals surface area contributed by atoms with Crippen molar-refractivity contribution in [2.75, 3.05) is 19.4 Å². The number of ether oxygens (including phenoxy) is 1. The Morgan fingerprint density at radius 1 is 1.04 bits per heavy atom. The number of Topliss-reactive ketones (excluding diaryl/α,β-unsaturated/α-hetero) is 1. The van der Waals surface area contributed by atoms with Crippen molar-refractivity contribution >= 4 is 29.1 Å². The Hall–Kier alpha value is -2.53. The molecule has 0 radical (unpaired) electrons. The van der Waals surface area contributed by atoms with Crippen LogP contribution >= 0.6 is 11.6 Å². The van der Waals surface area contributed by atoms with Crippen LogP contribution < -0.4 is 10.1 Å². The quantitative estimate of drug-likeness (QED) is 0.830. The molecule has 24 heavy (non-hydrogen) atoms. The van der Waals surface area contributed by atoms with E-state index in [2.05, 4.69) is 5.32 Å². The first-order valence-corrected chi connectivity index (χ1v) is 7.79. The zero-order chi connectivity index (χ0) is 17.7. The topological polar surface area (TPSA) is 58.6 Å². The molecule has 126 valence electrons. The van der Waals surface area contributed by atoms with Crippen molar-refractivity contribution in [3.8, 4) is 5.75 Å². The highest BCUT2D eigenvalue weighted by molar-refractivity contribution is 6.30. The van der Waals surface area contributed by atoms with Crippen LogP contribution in [0.15, 0.2) is 48.5 Å². The van der Waals surface area contributed by atoms with Gasteiger partial charge in [0.15, 0.2) is 6.10 Å². The fourth-order valence-electron chi connectivity index (χ4n) is 1.96. The van der Waals surface area contributed by atoms with Gasteiger partial charge in [-0.2, -0.15) is 0 Å². The van der Waals surface area contributed by atoms with E-state index in [9.17, 15) is 9.59 Å². The molecule has 0 heterocycles. The summed E-state index contributed by atoms with van der Waals surface area (Å²) < 4.78 is 5.66. The molecule has 0 aromatic heterocycles. The van der Waals surface area contributed by atoms with E-state index in [1.165, 1.54) is 4.90 Å². The molecule has 6 heteroatoms. The van der Waals surface area contributed by atoms with Gasteiger partial charge in [0, 0.05) is 30.4 Å². The van der Waals surface area contributed by atoms with Gasteiger partial charge in [-0.05, 0) is 55.5 Å². The lowest BCUT2D eigenvalue weighted by Gasteiger charge is -2.15. The maximum Gasteiger partial charge on any atom is 0.321 e. The maximum atomic E-state index is 12.3. The SMILES string of the molecule is CC(Oc1ccc(NC(=O)N(C)C)cc1)C(=O)c1ccc(Cl)cc1. The van der Waals surface area contributed by atoms with Crippen LogP contribution in [-0.4, -0.2) is 36.9 Å². The molecule has 0 saturated heterocycles. The summed E-state index contributed by atoms with van der Waals surface area (Å²) >= 11 is 5.82. The second-order valence-corrected chi connectivity index (χ2v) is 5.92. The van der Waals surface area contributed by atoms with Gasteiger partial charge < -0.3 is 15.0 Å². The Morgan fingerprint density at radius 2 is 1.62 bits per heavy atom. The van der Waals surface area contributed by atoms with E-state index in [0.717, 1.165) is 0 Å². The highest BCUT2D eigenvalue weighted by Gasteiger charge is 2.17. The number of benzene rings is 2. The molecule has 0 spiro atoms. The summed E-state index contributed by atoms with van der Waals surface area (Å²) in [6.07, 6.45) is -0.631. The van der Waals surface area contributed by atoms with E-state index in [4.69, 9.17) is 16.3 Å². The molecular weight excluding hydrogens is 328 g/mol. The number of amides is 2. The number of hydrogen-bond donors (Lipinski definition) is 1. The van der Waals surface area contributed by atoms with Gasteiger partial charge in [-0.15, -0.1) is 0 Å². The number of hydrogen-bond acceptors (Lipinski definition) is 3. The molecule has 2 aromatic carbocycles.